The normalized spacial score (nSPS) is 12.0. The fraction of sp³-hybridized carbons (Fsp3) is 0.158. The molecule has 6 rings (SSSR count). The van der Waals surface area contributed by atoms with Gasteiger partial charge in [0.25, 0.3) is 0 Å². The second-order valence-electron chi connectivity index (χ2n) is 7.07. The van der Waals surface area contributed by atoms with Crippen LogP contribution in [0.5, 0.6) is 0 Å². The van der Waals surface area contributed by atoms with Crippen LogP contribution in [0.25, 0.3) is 37.6 Å². The van der Waals surface area contributed by atoms with E-state index in [1.807, 2.05) is 25.4 Å². The average molecular weight is 480 g/mol. The van der Waals surface area contributed by atoms with Gasteiger partial charge in [0.2, 0.25) is 5.82 Å². The summed E-state index contributed by atoms with van der Waals surface area (Å²) in [6, 6.07) is 3.98. The number of hydrogen-bond donors (Lipinski definition) is 0. The quantitative estimate of drug-likeness (QED) is 0.382. The van der Waals surface area contributed by atoms with Crippen LogP contribution in [0.15, 0.2) is 41.5 Å². The average Bonchev–Trinajstić information content (AvgIpc) is 3.45. The molecule has 0 radical (unpaired) electrons. The third-order valence-electron chi connectivity index (χ3n) is 4.85. The van der Waals surface area contributed by atoms with Crippen molar-refractivity contribution in [3.05, 3.63) is 52.8 Å². The van der Waals surface area contributed by atoms with Crippen molar-refractivity contribution in [2.45, 2.75) is 20.5 Å². The van der Waals surface area contributed by atoms with E-state index in [-0.39, 0.29) is 0 Å². The van der Waals surface area contributed by atoms with Gasteiger partial charge in [0, 0.05) is 23.5 Å². The maximum Gasteiger partial charge on any atom is 0.202 e. The van der Waals surface area contributed by atoms with Gasteiger partial charge in [0.15, 0.2) is 5.65 Å². The molecule has 6 heterocycles. The number of halogens is 1. The van der Waals surface area contributed by atoms with Gasteiger partial charge >= 0.3 is 0 Å². The van der Waals surface area contributed by atoms with Gasteiger partial charge in [-0.3, -0.25) is 4.68 Å². The monoisotopic (exact) mass is 479 g/mol. The Morgan fingerprint density at radius 3 is 2.87 bits per heavy atom. The van der Waals surface area contributed by atoms with Crippen LogP contribution in [0.1, 0.15) is 11.3 Å². The standard InChI is InChI=1S/C19H14BrN9S/c1-10-5-11(2)23-19-14(10)15-16(30-19)18-24-17(26-29(18)8-21-15)13-3-4-27(25-13)9-28-7-12(20)6-22-28/h3-8H,9H2,1-2H3. The third kappa shape index (κ3) is 2.73. The number of thiophene rings is 1. The Kier molecular flexibility index (Phi) is 3.77. The van der Waals surface area contributed by atoms with E-state index in [4.69, 9.17) is 4.98 Å². The van der Waals surface area contributed by atoms with Crippen molar-refractivity contribution in [1.29, 1.82) is 0 Å². The minimum absolute atomic E-state index is 0.505. The van der Waals surface area contributed by atoms with Crippen molar-refractivity contribution < 1.29 is 0 Å². The molecular weight excluding hydrogens is 466 g/mol. The Hall–Kier alpha value is -3.18. The van der Waals surface area contributed by atoms with Crippen LogP contribution in [-0.2, 0) is 6.67 Å². The molecule has 0 N–H and O–H groups in total. The Morgan fingerprint density at radius 2 is 2.03 bits per heavy atom. The molecule has 0 aromatic carbocycles. The van der Waals surface area contributed by atoms with Crippen molar-refractivity contribution in [2.24, 2.45) is 0 Å². The molecule has 0 unspecified atom stereocenters. The highest BCUT2D eigenvalue weighted by Gasteiger charge is 2.17. The molecule has 6 aromatic heterocycles. The van der Waals surface area contributed by atoms with Gasteiger partial charge in [-0.15, -0.1) is 16.4 Å². The van der Waals surface area contributed by atoms with Crippen LogP contribution >= 0.6 is 27.3 Å². The molecule has 0 bridgehead atoms. The largest absolute Gasteiger partial charge is 0.250 e. The van der Waals surface area contributed by atoms with Crippen molar-refractivity contribution in [2.75, 3.05) is 0 Å². The van der Waals surface area contributed by atoms with Crippen molar-refractivity contribution in [3.8, 4) is 11.5 Å². The van der Waals surface area contributed by atoms with E-state index in [9.17, 15) is 0 Å². The number of nitrogens with zero attached hydrogens (tertiary/aromatic N) is 9. The summed E-state index contributed by atoms with van der Waals surface area (Å²) >= 11 is 5.00. The number of aromatic nitrogens is 9. The zero-order valence-electron chi connectivity index (χ0n) is 16.0. The molecule has 6 aromatic rings. The molecule has 148 valence electrons. The van der Waals surface area contributed by atoms with Gasteiger partial charge in [-0.25, -0.2) is 24.1 Å². The van der Waals surface area contributed by atoms with E-state index < -0.39 is 0 Å². The van der Waals surface area contributed by atoms with Crippen LogP contribution in [0.4, 0.5) is 0 Å². The van der Waals surface area contributed by atoms with Crippen molar-refractivity contribution >= 4 is 53.3 Å². The van der Waals surface area contributed by atoms with E-state index >= 15 is 0 Å². The predicted molar refractivity (Wildman–Crippen MR) is 117 cm³/mol. The van der Waals surface area contributed by atoms with Crippen LogP contribution < -0.4 is 0 Å². The van der Waals surface area contributed by atoms with Gasteiger partial charge in [0.1, 0.15) is 28.2 Å². The SMILES string of the molecule is Cc1cc(C)c2c(n1)sc1c2ncn2nc(-c3ccn(Cn4cc(Br)cn4)n3)nc12. The lowest BCUT2D eigenvalue weighted by Crippen LogP contribution is -2.08. The zero-order chi connectivity index (χ0) is 20.4. The molecule has 30 heavy (non-hydrogen) atoms. The first-order valence-corrected chi connectivity index (χ1v) is 10.8. The minimum atomic E-state index is 0.505. The molecule has 0 aliphatic heterocycles. The van der Waals surface area contributed by atoms with Crippen LogP contribution in [0.3, 0.4) is 0 Å². The highest BCUT2D eigenvalue weighted by Crippen LogP contribution is 2.35. The molecule has 0 spiro atoms. The summed E-state index contributed by atoms with van der Waals surface area (Å²) in [6.07, 6.45) is 7.24. The molecule has 0 saturated heterocycles. The predicted octanol–water partition coefficient (Wildman–Crippen LogP) is 3.83. The Bertz CT molecular complexity index is 1570. The molecule has 0 aliphatic rings. The lowest BCUT2D eigenvalue weighted by atomic mass is 10.1. The van der Waals surface area contributed by atoms with Gasteiger partial charge in [-0.05, 0) is 47.5 Å². The molecule has 11 heteroatoms. The van der Waals surface area contributed by atoms with Crippen molar-refractivity contribution in [1.82, 2.24) is 44.1 Å². The highest BCUT2D eigenvalue weighted by molar-refractivity contribution is 9.10. The van der Waals surface area contributed by atoms with E-state index in [0.29, 0.717) is 18.2 Å². The topological polar surface area (TPSA) is 91.6 Å². The minimum Gasteiger partial charge on any atom is -0.250 e. The summed E-state index contributed by atoms with van der Waals surface area (Å²) in [6.45, 7) is 4.60. The number of hydrogen-bond acceptors (Lipinski definition) is 7. The third-order valence-corrected chi connectivity index (χ3v) is 6.33. The Labute approximate surface area is 182 Å². The Balaban J connectivity index is 1.45. The smallest absolute Gasteiger partial charge is 0.202 e. The molecule has 0 saturated carbocycles. The molecule has 9 nitrogen and oxygen atoms in total. The first kappa shape index (κ1) is 17.7. The van der Waals surface area contributed by atoms with E-state index in [1.54, 1.807) is 37.7 Å². The lowest BCUT2D eigenvalue weighted by Gasteiger charge is -2.00. The van der Waals surface area contributed by atoms with Crippen LogP contribution in [0.2, 0.25) is 0 Å². The fourth-order valence-corrected chi connectivity index (χ4v) is 5.15. The molecular formula is C19H14BrN9S. The molecule has 0 atom stereocenters. The Morgan fingerprint density at radius 1 is 1.13 bits per heavy atom. The van der Waals surface area contributed by atoms with E-state index in [2.05, 4.69) is 54.2 Å². The lowest BCUT2D eigenvalue weighted by molar-refractivity contribution is 0.503. The van der Waals surface area contributed by atoms with Gasteiger partial charge in [-0.1, -0.05) is 0 Å². The summed E-state index contributed by atoms with van der Waals surface area (Å²) in [4.78, 5) is 15.1. The second-order valence-corrected chi connectivity index (χ2v) is 8.98. The number of pyridine rings is 1. The number of rotatable bonds is 3. The molecule has 0 aliphatic carbocycles. The van der Waals surface area contributed by atoms with Gasteiger partial charge in [-0.2, -0.15) is 10.2 Å². The van der Waals surface area contributed by atoms with E-state index in [0.717, 1.165) is 36.2 Å². The molecule has 0 amide bonds. The second kappa shape index (κ2) is 6.41. The van der Waals surface area contributed by atoms with Crippen LogP contribution in [0, 0.1) is 13.8 Å². The summed E-state index contributed by atoms with van der Waals surface area (Å²) < 4.78 is 7.20. The highest BCUT2D eigenvalue weighted by atomic mass is 79.9. The first-order valence-electron chi connectivity index (χ1n) is 9.19. The number of aryl methyl sites for hydroxylation is 2. The summed E-state index contributed by atoms with van der Waals surface area (Å²) in [5.41, 5.74) is 4.55. The summed E-state index contributed by atoms with van der Waals surface area (Å²) in [5.74, 6) is 0.558. The van der Waals surface area contributed by atoms with Gasteiger partial charge in [0.05, 0.1) is 16.2 Å². The van der Waals surface area contributed by atoms with Crippen LogP contribution in [-0.4, -0.2) is 44.1 Å². The number of fused-ring (bicyclic) bond motifs is 5. The fourth-order valence-electron chi connectivity index (χ4n) is 3.60. The maximum absolute atomic E-state index is 4.77. The zero-order valence-corrected chi connectivity index (χ0v) is 18.4. The first-order chi connectivity index (χ1) is 14.5. The van der Waals surface area contributed by atoms with E-state index in [1.165, 1.54) is 5.56 Å². The summed E-state index contributed by atoms with van der Waals surface area (Å²) in [7, 11) is 0. The maximum atomic E-state index is 4.77. The summed E-state index contributed by atoms with van der Waals surface area (Å²) in [5, 5.41) is 14.5. The van der Waals surface area contributed by atoms with Crippen molar-refractivity contribution in [3.63, 3.8) is 0 Å². The molecule has 0 fully saturated rings. The van der Waals surface area contributed by atoms with Gasteiger partial charge < -0.3 is 0 Å².